The number of hydrogen-bond donors (Lipinski definition) is 1. The highest BCUT2D eigenvalue weighted by Crippen LogP contribution is 2.27. The average Bonchev–Trinajstić information content (AvgIpc) is 2.38. The Balaban J connectivity index is 2.51. The molecule has 2 rings (SSSR count). The molecular weight excluding hydrogens is 210 g/mol. The minimum Gasteiger partial charge on any atom is -0.398 e. The van der Waals surface area contributed by atoms with Gasteiger partial charge in [-0.1, -0.05) is 49.0 Å². The van der Waals surface area contributed by atoms with Crippen molar-refractivity contribution < 1.29 is 4.79 Å². The van der Waals surface area contributed by atoms with Gasteiger partial charge in [-0.2, -0.15) is 0 Å². The van der Waals surface area contributed by atoms with E-state index in [1.54, 1.807) is 6.07 Å². The number of hydrogen-bond acceptors (Lipinski definition) is 2. The molecule has 0 saturated carbocycles. The van der Waals surface area contributed by atoms with Gasteiger partial charge in [-0.3, -0.25) is 4.79 Å². The SMILES string of the molecule is C=C(c1ccccc1N)c1ccccc1C=O. The van der Waals surface area contributed by atoms with E-state index in [1.165, 1.54) is 0 Å². The summed E-state index contributed by atoms with van der Waals surface area (Å²) in [4.78, 5) is 11.0. The summed E-state index contributed by atoms with van der Waals surface area (Å²) in [5.41, 5.74) is 9.64. The molecule has 0 bridgehead atoms. The van der Waals surface area contributed by atoms with Crippen molar-refractivity contribution in [1.82, 2.24) is 0 Å². The molecule has 0 unspecified atom stereocenters. The number of carbonyl (C=O) groups is 1. The molecule has 0 spiro atoms. The van der Waals surface area contributed by atoms with Crippen molar-refractivity contribution in [2.24, 2.45) is 0 Å². The Kier molecular flexibility index (Phi) is 3.06. The van der Waals surface area contributed by atoms with Crippen LogP contribution in [0.3, 0.4) is 0 Å². The summed E-state index contributed by atoms with van der Waals surface area (Å²) in [5.74, 6) is 0. The second-order valence-corrected chi connectivity index (χ2v) is 3.77. The van der Waals surface area contributed by atoms with Gasteiger partial charge in [-0.05, 0) is 17.2 Å². The Hall–Kier alpha value is -2.35. The van der Waals surface area contributed by atoms with Gasteiger partial charge in [0.25, 0.3) is 0 Å². The van der Waals surface area contributed by atoms with E-state index in [0.29, 0.717) is 11.3 Å². The van der Waals surface area contributed by atoms with Crippen LogP contribution in [0, 0.1) is 0 Å². The van der Waals surface area contributed by atoms with Crippen molar-refractivity contribution in [1.29, 1.82) is 0 Å². The zero-order valence-corrected chi connectivity index (χ0v) is 9.39. The lowest BCUT2D eigenvalue weighted by molar-refractivity contribution is 0.112. The molecule has 2 aromatic rings. The minimum absolute atomic E-state index is 0.626. The Labute approximate surface area is 100 Å². The van der Waals surface area contributed by atoms with Gasteiger partial charge in [0.05, 0.1) is 0 Å². The first-order valence-corrected chi connectivity index (χ1v) is 5.32. The molecule has 0 heterocycles. The van der Waals surface area contributed by atoms with Crippen LogP contribution in [0.15, 0.2) is 55.1 Å². The summed E-state index contributed by atoms with van der Waals surface area (Å²) in [7, 11) is 0. The molecule has 2 nitrogen and oxygen atoms in total. The lowest BCUT2D eigenvalue weighted by Crippen LogP contribution is -1.96. The topological polar surface area (TPSA) is 43.1 Å². The van der Waals surface area contributed by atoms with Crippen LogP contribution in [0.5, 0.6) is 0 Å². The zero-order chi connectivity index (χ0) is 12.3. The number of carbonyl (C=O) groups excluding carboxylic acids is 1. The maximum Gasteiger partial charge on any atom is 0.150 e. The van der Waals surface area contributed by atoms with Gasteiger partial charge in [0.2, 0.25) is 0 Å². The Morgan fingerprint density at radius 2 is 1.59 bits per heavy atom. The van der Waals surface area contributed by atoms with E-state index in [4.69, 9.17) is 5.73 Å². The average molecular weight is 223 g/mol. The van der Waals surface area contributed by atoms with Crippen molar-refractivity contribution in [2.45, 2.75) is 0 Å². The van der Waals surface area contributed by atoms with Gasteiger partial charge in [0, 0.05) is 16.8 Å². The second kappa shape index (κ2) is 4.66. The predicted octanol–water partition coefficient (Wildman–Crippen LogP) is 3.14. The number of nitrogens with two attached hydrogens (primary N) is 1. The van der Waals surface area contributed by atoms with Crippen LogP contribution in [-0.2, 0) is 0 Å². The summed E-state index contributed by atoms with van der Waals surface area (Å²) < 4.78 is 0. The van der Waals surface area contributed by atoms with Gasteiger partial charge in [-0.15, -0.1) is 0 Å². The van der Waals surface area contributed by atoms with E-state index in [-0.39, 0.29) is 0 Å². The quantitative estimate of drug-likeness (QED) is 0.641. The monoisotopic (exact) mass is 223 g/mol. The molecule has 0 saturated heterocycles. The summed E-state index contributed by atoms with van der Waals surface area (Å²) in [6.45, 7) is 4.03. The molecule has 0 aliphatic carbocycles. The molecule has 2 heteroatoms. The summed E-state index contributed by atoms with van der Waals surface area (Å²) in [5, 5.41) is 0. The number of para-hydroxylation sites is 1. The second-order valence-electron chi connectivity index (χ2n) is 3.77. The molecular formula is C15H13NO. The maximum absolute atomic E-state index is 11.0. The van der Waals surface area contributed by atoms with Gasteiger partial charge < -0.3 is 5.73 Å². The van der Waals surface area contributed by atoms with E-state index in [9.17, 15) is 4.79 Å². The number of aldehydes is 1. The zero-order valence-electron chi connectivity index (χ0n) is 9.39. The van der Waals surface area contributed by atoms with Crippen LogP contribution in [0.25, 0.3) is 5.57 Å². The third-order valence-corrected chi connectivity index (χ3v) is 2.70. The molecule has 0 atom stereocenters. The highest BCUT2D eigenvalue weighted by molar-refractivity contribution is 5.92. The van der Waals surface area contributed by atoms with Crippen LogP contribution in [-0.4, -0.2) is 6.29 Å². The van der Waals surface area contributed by atoms with Crippen molar-refractivity contribution in [3.05, 3.63) is 71.8 Å². The van der Waals surface area contributed by atoms with Crippen molar-refractivity contribution in [3.8, 4) is 0 Å². The van der Waals surface area contributed by atoms with Crippen molar-refractivity contribution in [3.63, 3.8) is 0 Å². The van der Waals surface area contributed by atoms with E-state index in [0.717, 1.165) is 23.0 Å². The third-order valence-electron chi connectivity index (χ3n) is 2.70. The van der Waals surface area contributed by atoms with Gasteiger partial charge in [-0.25, -0.2) is 0 Å². The van der Waals surface area contributed by atoms with Crippen LogP contribution in [0.2, 0.25) is 0 Å². The van der Waals surface area contributed by atoms with E-state index < -0.39 is 0 Å². The van der Waals surface area contributed by atoms with Gasteiger partial charge in [0.15, 0.2) is 6.29 Å². The maximum atomic E-state index is 11.0. The molecule has 2 aromatic carbocycles. The molecule has 0 radical (unpaired) electrons. The van der Waals surface area contributed by atoms with Crippen LogP contribution in [0.4, 0.5) is 5.69 Å². The van der Waals surface area contributed by atoms with E-state index >= 15 is 0 Å². The minimum atomic E-state index is 0.626. The van der Waals surface area contributed by atoms with Crippen LogP contribution < -0.4 is 5.73 Å². The molecule has 0 fully saturated rings. The third kappa shape index (κ3) is 2.11. The molecule has 0 aliphatic heterocycles. The highest BCUT2D eigenvalue weighted by atomic mass is 16.1. The normalized spacial score (nSPS) is 9.88. The number of anilines is 1. The summed E-state index contributed by atoms with van der Waals surface area (Å²) in [6.07, 6.45) is 0.833. The first kappa shape index (κ1) is 11.1. The number of benzene rings is 2. The van der Waals surface area contributed by atoms with Crippen LogP contribution >= 0.6 is 0 Å². The lowest BCUT2D eigenvalue weighted by Gasteiger charge is -2.10. The van der Waals surface area contributed by atoms with Gasteiger partial charge in [0.1, 0.15) is 0 Å². The largest absolute Gasteiger partial charge is 0.398 e. The smallest absolute Gasteiger partial charge is 0.150 e. The van der Waals surface area contributed by atoms with Crippen molar-refractivity contribution in [2.75, 3.05) is 5.73 Å². The fourth-order valence-corrected chi connectivity index (χ4v) is 1.79. The number of rotatable bonds is 3. The molecule has 84 valence electrons. The molecule has 0 amide bonds. The Morgan fingerprint density at radius 1 is 1.00 bits per heavy atom. The summed E-state index contributed by atoms with van der Waals surface area (Å²) in [6, 6.07) is 14.9. The molecule has 17 heavy (non-hydrogen) atoms. The highest BCUT2D eigenvalue weighted by Gasteiger charge is 2.08. The fraction of sp³-hybridized carbons (Fsp3) is 0. The van der Waals surface area contributed by atoms with Crippen molar-refractivity contribution >= 4 is 17.5 Å². The number of nitrogen functional groups attached to an aromatic ring is 1. The van der Waals surface area contributed by atoms with E-state index in [1.807, 2.05) is 42.5 Å². The standard InChI is InChI=1S/C15H13NO/c1-11(14-8-4-5-9-15(14)16)13-7-3-2-6-12(13)10-17/h2-10H,1,16H2. The molecule has 0 aliphatic rings. The molecule has 2 N–H and O–H groups in total. The van der Waals surface area contributed by atoms with Crippen LogP contribution in [0.1, 0.15) is 21.5 Å². The van der Waals surface area contributed by atoms with E-state index in [2.05, 4.69) is 6.58 Å². The molecule has 0 aromatic heterocycles. The fourth-order valence-electron chi connectivity index (χ4n) is 1.79. The first-order chi connectivity index (χ1) is 8.24. The Bertz CT molecular complexity index is 573. The Morgan fingerprint density at radius 3 is 2.24 bits per heavy atom. The van der Waals surface area contributed by atoms with Gasteiger partial charge >= 0.3 is 0 Å². The summed E-state index contributed by atoms with van der Waals surface area (Å²) >= 11 is 0. The predicted molar refractivity (Wildman–Crippen MR) is 70.8 cm³/mol. The first-order valence-electron chi connectivity index (χ1n) is 5.32. The lowest BCUT2D eigenvalue weighted by atomic mass is 9.95.